The zero-order valence-corrected chi connectivity index (χ0v) is 10.3. The lowest BCUT2D eigenvalue weighted by molar-refractivity contribution is 0.275. The van der Waals surface area contributed by atoms with Crippen LogP contribution in [0.3, 0.4) is 0 Å². The molecule has 0 fully saturated rings. The van der Waals surface area contributed by atoms with E-state index >= 15 is 0 Å². The van der Waals surface area contributed by atoms with Crippen molar-refractivity contribution in [1.82, 2.24) is 19.6 Å². The second kappa shape index (κ2) is 4.33. The number of nitrogens with zero attached hydrogens (tertiary/aromatic N) is 3. The normalized spacial score (nSPS) is 11.1. The summed E-state index contributed by atoms with van der Waals surface area (Å²) < 4.78 is 1.29. The van der Waals surface area contributed by atoms with Gasteiger partial charge in [0.05, 0.1) is 12.3 Å². The number of aliphatic hydroxyl groups excluding tert-OH is 1. The monoisotopic (exact) mass is 256 g/mol. The average Bonchev–Trinajstić information content (AvgIpc) is 2.88. The number of aliphatic hydroxyl groups is 1. The molecule has 19 heavy (non-hydrogen) atoms. The van der Waals surface area contributed by atoms with E-state index < -0.39 is 0 Å². The maximum absolute atomic E-state index is 12.1. The third kappa shape index (κ3) is 1.82. The third-order valence-corrected chi connectivity index (χ3v) is 3.02. The second-order valence-electron chi connectivity index (χ2n) is 4.22. The quantitative estimate of drug-likeness (QED) is 0.713. The van der Waals surface area contributed by atoms with Crippen molar-refractivity contribution in [2.75, 3.05) is 0 Å². The summed E-state index contributed by atoms with van der Waals surface area (Å²) in [5.41, 5.74) is 1.40. The Morgan fingerprint density at radius 2 is 2.00 bits per heavy atom. The number of hydrogen-bond acceptors (Lipinski definition) is 4. The Morgan fingerprint density at radius 3 is 2.68 bits per heavy atom. The molecular weight excluding hydrogens is 244 g/mol. The van der Waals surface area contributed by atoms with E-state index in [-0.39, 0.29) is 17.9 Å². The number of benzene rings is 1. The highest BCUT2D eigenvalue weighted by molar-refractivity contribution is 5.56. The molecule has 0 atom stereocenters. The highest BCUT2D eigenvalue weighted by Gasteiger charge is 2.12. The summed E-state index contributed by atoms with van der Waals surface area (Å²) in [4.78, 5) is 20.5. The SMILES string of the molecule is Cc1c(CO)nc2nc(-c3ccccc3)[nH]n2c1=O. The summed E-state index contributed by atoms with van der Waals surface area (Å²) >= 11 is 0. The molecule has 0 aliphatic carbocycles. The lowest BCUT2D eigenvalue weighted by Gasteiger charge is -1.99. The molecular formula is C13H12N4O2. The Bertz CT molecular complexity index is 790. The molecule has 0 saturated heterocycles. The van der Waals surface area contributed by atoms with Crippen molar-refractivity contribution in [3.05, 3.63) is 51.9 Å². The average molecular weight is 256 g/mol. The van der Waals surface area contributed by atoms with Crippen LogP contribution < -0.4 is 5.56 Å². The van der Waals surface area contributed by atoms with Gasteiger partial charge in [0.1, 0.15) is 0 Å². The van der Waals surface area contributed by atoms with Gasteiger partial charge in [0, 0.05) is 11.1 Å². The standard InChI is InChI=1S/C13H12N4O2/c1-8-10(7-18)14-13-15-11(16-17(13)12(8)19)9-5-3-2-4-6-9/h2-6,18H,7H2,1H3,(H,14,15,16). The van der Waals surface area contributed by atoms with E-state index in [1.807, 2.05) is 30.3 Å². The van der Waals surface area contributed by atoms with Gasteiger partial charge in [-0.15, -0.1) is 0 Å². The number of aromatic amines is 1. The van der Waals surface area contributed by atoms with Crippen LogP contribution in [0.5, 0.6) is 0 Å². The van der Waals surface area contributed by atoms with Crippen molar-refractivity contribution in [2.45, 2.75) is 13.5 Å². The van der Waals surface area contributed by atoms with Gasteiger partial charge in [-0.3, -0.25) is 9.89 Å². The number of hydrogen-bond donors (Lipinski definition) is 2. The third-order valence-electron chi connectivity index (χ3n) is 3.02. The van der Waals surface area contributed by atoms with Gasteiger partial charge in [-0.05, 0) is 6.92 Å². The lowest BCUT2D eigenvalue weighted by atomic mass is 10.2. The molecule has 1 aromatic carbocycles. The van der Waals surface area contributed by atoms with Crippen LogP contribution in [0.2, 0.25) is 0 Å². The molecule has 0 saturated carbocycles. The predicted octanol–water partition coefficient (Wildman–Crippen LogP) is 0.885. The van der Waals surface area contributed by atoms with Gasteiger partial charge in [-0.25, -0.2) is 4.98 Å². The highest BCUT2D eigenvalue weighted by atomic mass is 16.3. The fourth-order valence-corrected chi connectivity index (χ4v) is 1.92. The molecule has 6 nitrogen and oxygen atoms in total. The van der Waals surface area contributed by atoms with Crippen LogP contribution in [0.15, 0.2) is 35.1 Å². The van der Waals surface area contributed by atoms with Crippen molar-refractivity contribution >= 4 is 5.78 Å². The lowest BCUT2D eigenvalue weighted by Crippen LogP contribution is -2.20. The molecule has 3 aromatic rings. The minimum Gasteiger partial charge on any atom is -0.390 e. The molecule has 2 N–H and O–H groups in total. The molecule has 3 rings (SSSR count). The summed E-state index contributed by atoms with van der Waals surface area (Å²) in [5.74, 6) is 0.832. The topological polar surface area (TPSA) is 83.3 Å². The Morgan fingerprint density at radius 1 is 1.26 bits per heavy atom. The number of nitrogens with one attached hydrogen (secondary N) is 1. The summed E-state index contributed by atoms with van der Waals surface area (Å²) in [6.07, 6.45) is 0. The van der Waals surface area contributed by atoms with Crippen LogP contribution in [0.4, 0.5) is 0 Å². The van der Waals surface area contributed by atoms with Gasteiger partial charge in [0.15, 0.2) is 5.82 Å². The van der Waals surface area contributed by atoms with Gasteiger partial charge in [-0.2, -0.15) is 9.50 Å². The van der Waals surface area contributed by atoms with Gasteiger partial charge >= 0.3 is 0 Å². The Kier molecular flexibility index (Phi) is 2.64. The minimum absolute atomic E-state index is 0.247. The van der Waals surface area contributed by atoms with Gasteiger partial charge in [0.25, 0.3) is 11.3 Å². The van der Waals surface area contributed by atoms with E-state index in [2.05, 4.69) is 15.1 Å². The molecule has 6 heteroatoms. The molecule has 0 amide bonds. The largest absolute Gasteiger partial charge is 0.390 e. The van der Waals surface area contributed by atoms with Crippen molar-refractivity contribution < 1.29 is 5.11 Å². The Labute approximate surface area is 108 Å². The van der Waals surface area contributed by atoms with Crippen LogP contribution in [0.25, 0.3) is 17.2 Å². The first kappa shape index (κ1) is 11.6. The maximum Gasteiger partial charge on any atom is 0.277 e. The Balaban J connectivity index is 2.27. The fourth-order valence-electron chi connectivity index (χ4n) is 1.92. The summed E-state index contributed by atoms with van der Waals surface area (Å²) in [7, 11) is 0. The van der Waals surface area contributed by atoms with Crippen molar-refractivity contribution in [3.8, 4) is 11.4 Å². The highest BCUT2D eigenvalue weighted by Crippen LogP contribution is 2.14. The van der Waals surface area contributed by atoms with Crippen LogP contribution in [0, 0.1) is 6.92 Å². The molecule has 96 valence electrons. The zero-order valence-electron chi connectivity index (χ0n) is 10.3. The second-order valence-corrected chi connectivity index (χ2v) is 4.22. The molecule has 2 heterocycles. The van der Waals surface area contributed by atoms with Crippen LogP contribution in [0.1, 0.15) is 11.3 Å². The van der Waals surface area contributed by atoms with E-state index in [0.717, 1.165) is 5.56 Å². The van der Waals surface area contributed by atoms with E-state index in [9.17, 15) is 9.90 Å². The number of fused-ring (bicyclic) bond motifs is 1. The predicted molar refractivity (Wildman–Crippen MR) is 69.7 cm³/mol. The maximum atomic E-state index is 12.1. The first-order valence-electron chi connectivity index (χ1n) is 5.85. The van der Waals surface area contributed by atoms with E-state index in [1.165, 1.54) is 4.52 Å². The summed E-state index contributed by atoms with van der Waals surface area (Å²) in [6, 6.07) is 9.47. The van der Waals surface area contributed by atoms with Gasteiger partial charge in [0.2, 0.25) is 0 Å². The van der Waals surface area contributed by atoms with E-state index in [4.69, 9.17) is 0 Å². The fraction of sp³-hybridized carbons (Fsp3) is 0.154. The van der Waals surface area contributed by atoms with E-state index in [1.54, 1.807) is 6.92 Å². The van der Waals surface area contributed by atoms with Gasteiger partial charge in [-0.1, -0.05) is 30.3 Å². The van der Waals surface area contributed by atoms with Crippen LogP contribution in [-0.2, 0) is 6.61 Å². The van der Waals surface area contributed by atoms with Gasteiger partial charge < -0.3 is 5.11 Å². The molecule has 0 aliphatic rings. The van der Waals surface area contributed by atoms with Crippen LogP contribution >= 0.6 is 0 Å². The zero-order chi connectivity index (χ0) is 13.4. The molecule has 0 bridgehead atoms. The number of H-pyrrole nitrogens is 1. The summed E-state index contributed by atoms with van der Waals surface area (Å²) in [5, 5.41) is 12.1. The minimum atomic E-state index is -0.273. The molecule has 0 aliphatic heterocycles. The Hall–Kier alpha value is -2.47. The molecule has 0 unspecified atom stereocenters. The smallest absolute Gasteiger partial charge is 0.277 e. The first-order chi connectivity index (χ1) is 9.20. The van der Waals surface area contributed by atoms with Crippen molar-refractivity contribution in [1.29, 1.82) is 0 Å². The first-order valence-corrected chi connectivity index (χ1v) is 5.85. The number of rotatable bonds is 2. The molecule has 0 spiro atoms. The summed E-state index contributed by atoms with van der Waals surface area (Å²) in [6.45, 7) is 1.36. The van der Waals surface area contributed by atoms with E-state index in [0.29, 0.717) is 17.1 Å². The molecule has 2 aromatic heterocycles. The van der Waals surface area contributed by atoms with Crippen molar-refractivity contribution in [3.63, 3.8) is 0 Å². The van der Waals surface area contributed by atoms with Crippen LogP contribution in [-0.4, -0.2) is 24.7 Å². The van der Waals surface area contributed by atoms with Crippen molar-refractivity contribution in [2.24, 2.45) is 0 Å². The molecule has 0 radical (unpaired) electrons. The number of aromatic nitrogens is 4.